The van der Waals surface area contributed by atoms with E-state index in [9.17, 15) is 4.57 Å². The molecule has 1 atom stereocenters. The summed E-state index contributed by atoms with van der Waals surface area (Å²) in [6.07, 6.45) is 0. The van der Waals surface area contributed by atoms with Gasteiger partial charge < -0.3 is 4.90 Å². The zero-order chi connectivity index (χ0) is 7.98. The molecule has 10 heavy (non-hydrogen) atoms. The fourth-order valence-electron chi connectivity index (χ4n) is 0.351. The topological polar surface area (TPSA) is 38.8 Å². The zero-order valence-corrected chi connectivity index (χ0v) is 7.43. The van der Waals surface area contributed by atoms with Gasteiger partial charge >= 0.3 is 8.25 Å². The molecule has 0 amide bonds. The molecule has 0 aliphatic rings. The first kappa shape index (κ1) is 9.98. The molecule has 0 aromatic carbocycles. The van der Waals surface area contributed by atoms with E-state index in [0.717, 1.165) is 6.54 Å². The molecule has 5 heteroatoms. The van der Waals surface area contributed by atoms with Crippen molar-refractivity contribution in [1.82, 2.24) is 4.90 Å². The normalized spacial score (nSPS) is 12.2. The quantitative estimate of drug-likeness (QED) is 0.568. The van der Waals surface area contributed by atoms with Gasteiger partial charge in [0.15, 0.2) is 0 Å². The number of nitrogens with zero attached hydrogens (tertiary/aromatic N) is 1. The lowest BCUT2D eigenvalue weighted by Gasteiger charge is -2.03. The summed E-state index contributed by atoms with van der Waals surface area (Å²) in [5, 5.41) is 0. The maximum absolute atomic E-state index is 10.5. The van der Waals surface area contributed by atoms with Gasteiger partial charge in [0.1, 0.15) is 6.61 Å². The maximum atomic E-state index is 10.5. The summed E-state index contributed by atoms with van der Waals surface area (Å²) in [5.41, 5.74) is 0. The minimum Gasteiger partial charge on any atom is -0.307 e. The minimum absolute atomic E-state index is 0.441. The van der Waals surface area contributed by atoms with Gasteiger partial charge in [0.25, 0.3) is 0 Å². The van der Waals surface area contributed by atoms with Crippen LogP contribution in [0.15, 0.2) is 0 Å². The van der Waals surface area contributed by atoms with Gasteiger partial charge in [0, 0.05) is 11.1 Å². The molecule has 0 bridgehead atoms. The van der Waals surface area contributed by atoms with Crippen LogP contribution < -0.4 is 0 Å². The molecule has 0 aromatic heterocycles. The molecule has 0 spiro atoms. The molecule has 0 N–H and O–H groups in total. The smallest absolute Gasteiger partial charge is 0.307 e. The van der Waals surface area contributed by atoms with E-state index in [4.69, 9.17) is 4.52 Å². The van der Waals surface area contributed by atoms with Crippen molar-refractivity contribution in [2.24, 2.45) is 0 Å². The highest BCUT2D eigenvalue weighted by molar-refractivity contribution is 7.33. The fourth-order valence-corrected chi connectivity index (χ4v) is 0.687. The van der Waals surface area contributed by atoms with Crippen molar-refractivity contribution in [1.29, 1.82) is 0 Å². The molecule has 0 aliphatic carbocycles. The van der Waals surface area contributed by atoms with Gasteiger partial charge in [-0.2, -0.15) is 0 Å². The Morgan fingerprint density at radius 2 is 2.10 bits per heavy atom. The number of hydrogen-bond donors (Lipinski definition) is 0. The fraction of sp³-hybridized carbons (Fsp3) is 1.00. The number of rotatable bonds is 5. The van der Waals surface area contributed by atoms with E-state index in [0.29, 0.717) is 6.61 Å². The van der Waals surface area contributed by atoms with Crippen LogP contribution in [0.5, 0.6) is 0 Å². The van der Waals surface area contributed by atoms with Gasteiger partial charge in [-0.05, 0) is 14.1 Å². The third kappa shape index (κ3) is 6.11. The lowest BCUT2D eigenvalue weighted by Crippen LogP contribution is -2.16. The van der Waals surface area contributed by atoms with Crippen molar-refractivity contribution in [3.63, 3.8) is 0 Å². The van der Waals surface area contributed by atoms with Crippen LogP contribution in [0.3, 0.4) is 0 Å². The van der Waals surface area contributed by atoms with Crippen molar-refractivity contribution < 1.29 is 13.6 Å². The number of hydrogen-bond acceptors (Lipinski definition) is 4. The predicted octanol–water partition coefficient (Wildman–Crippen LogP) is 0.868. The summed E-state index contributed by atoms with van der Waals surface area (Å²) >= 11 is 0. The minimum atomic E-state index is -1.89. The van der Waals surface area contributed by atoms with Gasteiger partial charge in [-0.25, -0.2) is 0 Å². The van der Waals surface area contributed by atoms with Crippen LogP contribution in [0.1, 0.15) is 0 Å². The van der Waals surface area contributed by atoms with E-state index >= 15 is 0 Å². The summed E-state index contributed by atoms with van der Waals surface area (Å²) in [4.78, 5) is 1.94. The molecule has 0 saturated carbocycles. The highest BCUT2D eigenvalue weighted by atomic mass is 31.1. The van der Waals surface area contributed by atoms with E-state index in [1.807, 2.05) is 19.0 Å². The monoisotopic (exact) mass is 166 g/mol. The Labute approximate surface area is 62.1 Å². The second-order valence-corrected chi connectivity index (χ2v) is 3.11. The summed E-state index contributed by atoms with van der Waals surface area (Å²) in [7, 11) is 3.31. The lowest BCUT2D eigenvalue weighted by molar-refractivity contribution is 0.228. The Kier molecular flexibility index (Phi) is 5.73. The number of likely N-dealkylation sites (N-methyl/N-ethyl adjacent to an activating group) is 1. The van der Waals surface area contributed by atoms with Gasteiger partial charge in [-0.1, -0.05) is 0 Å². The van der Waals surface area contributed by atoms with Crippen LogP contribution in [-0.2, 0) is 13.6 Å². The molecule has 0 fully saturated rings. The van der Waals surface area contributed by atoms with Crippen molar-refractivity contribution in [2.75, 3.05) is 34.4 Å². The average molecular weight is 166 g/mol. The van der Waals surface area contributed by atoms with Crippen LogP contribution in [0, 0.1) is 0 Å². The molecule has 0 saturated heterocycles. The second-order valence-electron chi connectivity index (χ2n) is 2.04. The average Bonchev–Trinajstić information content (AvgIpc) is 1.87. The van der Waals surface area contributed by atoms with E-state index in [1.54, 1.807) is 0 Å². The largest absolute Gasteiger partial charge is 0.697 e. The van der Waals surface area contributed by atoms with Crippen LogP contribution in [0.25, 0.3) is 0 Å². The van der Waals surface area contributed by atoms with Crippen LogP contribution >= 0.6 is 8.25 Å². The molecule has 0 heterocycles. The van der Waals surface area contributed by atoms with Crippen molar-refractivity contribution in [3.8, 4) is 0 Å². The molecule has 0 aliphatic heterocycles. The molecular formula is C5H13NO3P+. The SMILES string of the molecule is CO[P+](=O)OCCN(C)C. The predicted molar refractivity (Wildman–Crippen MR) is 39.1 cm³/mol. The Hall–Kier alpha value is -0.0200. The van der Waals surface area contributed by atoms with Gasteiger partial charge in [-0.15, -0.1) is 9.05 Å². The highest BCUT2D eigenvalue weighted by Crippen LogP contribution is 2.20. The van der Waals surface area contributed by atoms with E-state index in [2.05, 4.69) is 4.52 Å². The Balaban J connectivity index is 3.12. The first-order valence-corrected chi connectivity index (χ1v) is 4.05. The maximum Gasteiger partial charge on any atom is 0.697 e. The molecular weight excluding hydrogens is 153 g/mol. The third-order valence-electron chi connectivity index (χ3n) is 0.884. The lowest BCUT2D eigenvalue weighted by atomic mass is 10.6. The van der Waals surface area contributed by atoms with Crippen molar-refractivity contribution >= 4 is 8.25 Å². The molecule has 60 valence electrons. The van der Waals surface area contributed by atoms with Crippen LogP contribution in [-0.4, -0.2) is 39.3 Å². The summed E-state index contributed by atoms with van der Waals surface area (Å²) in [5.74, 6) is 0. The molecule has 0 aromatic rings. The van der Waals surface area contributed by atoms with Crippen molar-refractivity contribution in [2.45, 2.75) is 0 Å². The van der Waals surface area contributed by atoms with E-state index in [-0.39, 0.29) is 0 Å². The van der Waals surface area contributed by atoms with Crippen LogP contribution in [0.4, 0.5) is 0 Å². The van der Waals surface area contributed by atoms with E-state index < -0.39 is 8.25 Å². The van der Waals surface area contributed by atoms with Gasteiger partial charge in [-0.3, -0.25) is 0 Å². The van der Waals surface area contributed by atoms with Crippen LogP contribution in [0.2, 0.25) is 0 Å². The first-order valence-electron chi connectivity index (χ1n) is 2.96. The highest BCUT2D eigenvalue weighted by Gasteiger charge is 2.15. The molecule has 4 nitrogen and oxygen atoms in total. The summed E-state index contributed by atoms with van der Waals surface area (Å²) in [6, 6.07) is 0. The van der Waals surface area contributed by atoms with Gasteiger partial charge in [0.2, 0.25) is 0 Å². The Bertz CT molecular complexity index is 107. The molecule has 0 rings (SSSR count). The molecule has 0 radical (unpaired) electrons. The summed E-state index contributed by atoms with van der Waals surface area (Å²) in [6.45, 7) is 1.19. The zero-order valence-electron chi connectivity index (χ0n) is 6.53. The first-order chi connectivity index (χ1) is 4.66. The Morgan fingerprint density at radius 1 is 1.50 bits per heavy atom. The molecule has 1 unspecified atom stereocenters. The third-order valence-corrected chi connectivity index (χ3v) is 1.58. The Morgan fingerprint density at radius 3 is 2.50 bits per heavy atom. The van der Waals surface area contributed by atoms with Gasteiger partial charge in [0.05, 0.1) is 7.11 Å². The standard InChI is InChI=1S/C5H13NO3P/c1-6(2)4-5-9-10(7)8-3/h4-5H2,1-3H3/q+1. The second kappa shape index (κ2) is 5.74. The summed E-state index contributed by atoms with van der Waals surface area (Å²) < 4.78 is 19.6. The van der Waals surface area contributed by atoms with E-state index in [1.165, 1.54) is 7.11 Å². The van der Waals surface area contributed by atoms with Crippen molar-refractivity contribution in [3.05, 3.63) is 0 Å².